The van der Waals surface area contributed by atoms with Gasteiger partial charge in [0.15, 0.2) is 0 Å². The van der Waals surface area contributed by atoms with Crippen LogP contribution in [0.3, 0.4) is 0 Å². The molecule has 0 unspecified atom stereocenters. The van der Waals surface area contributed by atoms with Gasteiger partial charge in [0.1, 0.15) is 0 Å². The summed E-state index contributed by atoms with van der Waals surface area (Å²) < 4.78 is 11.0. The number of carbonyl (C=O) groups is 1. The van der Waals surface area contributed by atoms with Gasteiger partial charge in [-0.1, -0.05) is 37.8 Å². The predicted molar refractivity (Wildman–Crippen MR) is 77.2 cm³/mol. The van der Waals surface area contributed by atoms with Gasteiger partial charge in [-0.2, -0.15) is 0 Å². The van der Waals surface area contributed by atoms with Crippen molar-refractivity contribution in [3.63, 3.8) is 0 Å². The Morgan fingerprint density at radius 2 is 1.95 bits per heavy atom. The van der Waals surface area contributed by atoms with E-state index in [9.17, 15) is 4.79 Å². The lowest BCUT2D eigenvalue weighted by atomic mass is 9.83. The van der Waals surface area contributed by atoms with Crippen molar-refractivity contribution in [1.29, 1.82) is 0 Å². The molecule has 0 aromatic heterocycles. The van der Waals surface area contributed by atoms with Crippen molar-refractivity contribution in [1.82, 2.24) is 0 Å². The van der Waals surface area contributed by atoms with E-state index in [2.05, 4.69) is 6.58 Å². The van der Waals surface area contributed by atoms with Crippen molar-refractivity contribution >= 4 is 5.97 Å². The van der Waals surface area contributed by atoms with Gasteiger partial charge in [-0.25, -0.2) is 4.79 Å². The number of ether oxygens (including phenoxy) is 2. The molecule has 2 aliphatic carbocycles. The van der Waals surface area contributed by atoms with E-state index in [1.807, 2.05) is 0 Å². The Kier molecular flexibility index (Phi) is 3.97. The van der Waals surface area contributed by atoms with Crippen molar-refractivity contribution in [2.45, 2.75) is 51.0 Å². The number of hydrogen-bond donors (Lipinski definition) is 0. The molecule has 0 aromatic rings. The van der Waals surface area contributed by atoms with Crippen molar-refractivity contribution in [3.05, 3.63) is 23.3 Å². The van der Waals surface area contributed by atoms with Gasteiger partial charge in [0.2, 0.25) is 0 Å². The Labute approximate surface area is 121 Å². The average Bonchev–Trinajstić information content (AvgIpc) is 2.90. The van der Waals surface area contributed by atoms with Crippen LogP contribution in [-0.4, -0.2) is 25.8 Å². The van der Waals surface area contributed by atoms with E-state index in [1.165, 1.54) is 45.6 Å². The molecule has 0 radical (unpaired) electrons. The summed E-state index contributed by atoms with van der Waals surface area (Å²) in [5, 5.41) is 0. The molecule has 3 rings (SSSR count). The molecular weight excluding hydrogens is 252 g/mol. The second-order valence-electron chi connectivity index (χ2n) is 6.34. The minimum Gasteiger partial charge on any atom is -0.466 e. The van der Waals surface area contributed by atoms with E-state index < -0.39 is 0 Å². The molecule has 3 heteroatoms. The third kappa shape index (κ3) is 2.32. The summed E-state index contributed by atoms with van der Waals surface area (Å²) in [7, 11) is 1.45. The highest BCUT2D eigenvalue weighted by molar-refractivity contribution is 5.91. The van der Waals surface area contributed by atoms with Crippen LogP contribution in [0.2, 0.25) is 0 Å². The summed E-state index contributed by atoms with van der Waals surface area (Å²) >= 11 is 0. The van der Waals surface area contributed by atoms with Crippen LogP contribution >= 0.6 is 0 Å². The average molecular weight is 276 g/mol. The minimum absolute atomic E-state index is 0.200. The maximum atomic E-state index is 11.9. The van der Waals surface area contributed by atoms with Crippen LogP contribution in [0.1, 0.15) is 44.9 Å². The SMILES string of the molecule is C=C1CC(C(=O)OC)=C2CO[C@H](C3CCCCCC3)[C@@H]12. The van der Waals surface area contributed by atoms with Crippen molar-refractivity contribution in [2.24, 2.45) is 11.8 Å². The van der Waals surface area contributed by atoms with Gasteiger partial charge in [-0.3, -0.25) is 0 Å². The first kappa shape index (κ1) is 13.9. The molecule has 20 heavy (non-hydrogen) atoms. The molecule has 0 bridgehead atoms. The second kappa shape index (κ2) is 5.72. The molecule has 1 saturated heterocycles. The highest BCUT2D eigenvalue weighted by Crippen LogP contribution is 2.47. The van der Waals surface area contributed by atoms with Crippen LogP contribution in [0.4, 0.5) is 0 Å². The lowest BCUT2D eigenvalue weighted by Crippen LogP contribution is -2.26. The minimum atomic E-state index is -0.200. The van der Waals surface area contributed by atoms with Gasteiger partial charge in [-0.15, -0.1) is 0 Å². The second-order valence-corrected chi connectivity index (χ2v) is 6.34. The van der Waals surface area contributed by atoms with Crippen LogP contribution in [0.15, 0.2) is 23.3 Å². The van der Waals surface area contributed by atoms with Crippen molar-refractivity contribution in [3.8, 4) is 0 Å². The van der Waals surface area contributed by atoms with Gasteiger partial charge < -0.3 is 9.47 Å². The number of esters is 1. The van der Waals surface area contributed by atoms with Gasteiger partial charge in [0.25, 0.3) is 0 Å². The van der Waals surface area contributed by atoms with Crippen LogP contribution in [0.5, 0.6) is 0 Å². The Morgan fingerprint density at radius 1 is 1.25 bits per heavy atom. The Morgan fingerprint density at radius 3 is 2.60 bits per heavy atom. The first-order valence-corrected chi connectivity index (χ1v) is 7.82. The lowest BCUT2D eigenvalue weighted by molar-refractivity contribution is -0.136. The van der Waals surface area contributed by atoms with E-state index >= 15 is 0 Å². The molecule has 1 heterocycles. The van der Waals surface area contributed by atoms with E-state index in [0.717, 1.165) is 16.7 Å². The summed E-state index contributed by atoms with van der Waals surface area (Å²) in [6, 6.07) is 0. The van der Waals surface area contributed by atoms with Crippen LogP contribution in [0, 0.1) is 11.8 Å². The maximum absolute atomic E-state index is 11.9. The van der Waals surface area contributed by atoms with Crippen LogP contribution < -0.4 is 0 Å². The largest absolute Gasteiger partial charge is 0.466 e. The molecule has 0 N–H and O–H groups in total. The summed E-state index contributed by atoms with van der Waals surface area (Å²) in [4.78, 5) is 11.9. The number of methoxy groups -OCH3 is 1. The quantitative estimate of drug-likeness (QED) is 0.440. The topological polar surface area (TPSA) is 35.5 Å². The standard InChI is InChI=1S/C17H24O3/c1-11-9-13(17(18)19-2)14-10-20-16(15(11)14)12-7-5-3-4-6-8-12/h12,15-16H,1,3-10H2,2H3/t15-,16+/m0/s1. The monoisotopic (exact) mass is 276 g/mol. The molecule has 3 nitrogen and oxygen atoms in total. The Hall–Kier alpha value is -1.09. The molecule has 0 spiro atoms. The van der Waals surface area contributed by atoms with Gasteiger partial charge in [-0.05, 0) is 24.3 Å². The molecule has 3 aliphatic rings. The van der Waals surface area contributed by atoms with E-state index in [4.69, 9.17) is 9.47 Å². The number of fused-ring (bicyclic) bond motifs is 1. The zero-order valence-electron chi connectivity index (χ0n) is 12.3. The van der Waals surface area contributed by atoms with E-state index in [0.29, 0.717) is 18.9 Å². The summed E-state index contributed by atoms with van der Waals surface area (Å²) in [6.07, 6.45) is 8.77. The molecule has 0 aromatic carbocycles. The van der Waals surface area contributed by atoms with Crippen molar-refractivity contribution < 1.29 is 14.3 Å². The fraction of sp³-hybridized carbons (Fsp3) is 0.706. The van der Waals surface area contributed by atoms with Crippen LogP contribution in [0.25, 0.3) is 0 Å². The zero-order valence-corrected chi connectivity index (χ0v) is 12.3. The van der Waals surface area contributed by atoms with Gasteiger partial charge in [0.05, 0.1) is 19.8 Å². The van der Waals surface area contributed by atoms with E-state index in [-0.39, 0.29) is 18.0 Å². The summed E-state index contributed by atoms with van der Waals surface area (Å²) in [5.74, 6) is 0.703. The highest BCUT2D eigenvalue weighted by atomic mass is 16.5. The number of rotatable bonds is 2. The predicted octanol–water partition coefficient (Wildman–Crippen LogP) is 3.40. The molecule has 2 atom stereocenters. The smallest absolute Gasteiger partial charge is 0.334 e. The molecule has 2 fully saturated rings. The third-order valence-electron chi connectivity index (χ3n) is 5.16. The van der Waals surface area contributed by atoms with E-state index in [1.54, 1.807) is 0 Å². The maximum Gasteiger partial charge on any atom is 0.334 e. The Balaban J connectivity index is 1.81. The first-order valence-electron chi connectivity index (χ1n) is 7.82. The molecule has 1 aliphatic heterocycles. The lowest BCUT2D eigenvalue weighted by Gasteiger charge is -2.26. The molecular formula is C17H24O3. The molecule has 1 saturated carbocycles. The normalized spacial score (nSPS) is 31.4. The van der Waals surface area contributed by atoms with Gasteiger partial charge >= 0.3 is 5.97 Å². The zero-order chi connectivity index (χ0) is 14.1. The number of hydrogen-bond acceptors (Lipinski definition) is 3. The molecule has 0 amide bonds. The van der Waals surface area contributed by atoms with Crippen LogP contribution in [-0.2, 0) is 14.3 Å². The Bertz CT molecular complexity index is 441. The fourth-order valence-electron chi connectivity index (χ4n) is 4.15. The number of carbonyl (C=O) groups excluding carboxylic acids is 1. The molecule has 110 valence electrons. The summed E-state index contributed by atoms with van der Waals surface area (Å²) in [6.45, 7) is 4.80. The summed E-state index contributed by atoms with van der Waals surface area (Å²) in [5.41, 5.74) is 3.10. The third-order valence-corrected chi connectivity index (χ3v) is 5.16. The first-order chi connectivity index (χ1) is 9.72. The highest BCUT2D eigenvalue weighted by Gasteiger charge is 2.45. The van der Waals surface area contributed by atoms with Gasteiger partial charge in [0, 0.05) is 17.9 Å². The van der Waals surface area contributed by atoms with Crippen molar-refractivity contribution in [2.75, 3.05) is 13.7 Å². The fourth-order valence-corrected chi connectivity index (χ4v) is 4.15.